The summed E-state index contributed by atoms with van der Waals surface area (Å²) < 4.78 is 50.5. The van der Waals surface area contributed by atoms with Gasteiger partial charge in [-0.15, -0.1) is 0 Å². The van der Waals surface area contributed by atoms with Gasteiger partial charge in [-0.1, -0.05) is 11.8 Å². The minimum absolute atomic E-state index is 0.00379. The second-order valence-electron chi connectivity index (χ2n) is 6.56. The van der Waals surface area contributed by atoms with Gasteiger partial charge in [0.05, 0.1) is 25.5 Å². The zero-order valence-corrected chi connectivity index (χ0v) is 17.9. The third-order valence-corrected chi connectivity index (χ3v) is 5.83. The largest absolute Gasteiger partial charge is 0.389 e. The highest BCUT2D eigenvalue weighted by Crippen LogP contribution is 2.33. The highest BCUT2D eigenvalue weighted by Gasteiger charge is 2.29. The predicted molar refractivity (Wildman–Crippen MR) is 109 cm³/mol. The van der Waals surface area contributed by atoms with Crippen LogP contribution in [0.2, 0.25) is 0 Å². The zero-order chi connectivity index (χ0) is 20.9. The Morgan fingerprint density at radius 2 is 2.14 bits per heavy atom. The predicted octanol–water partition coefficient (Wildman–Crippen LogP) is 3.97. The first-order chi connectivity index (χ1) is 13.9. The molecule has 162 valence electrons. The van der Waals surface area contributed by atoms with Gasteiger partial charge in [-0.05, 0) is 19.1 Å². The number of hydrogen-bond acceptors (Lipinski definition) is 8. The smallest absolute Gasteiger partial charge is 0.382 e. The first kappa shape index (κ1) is 22.4. The average molecular weight is 452 g/mol. The molecule has 1 aliphatic heterocycles. The van der Waals surface area contributed by atoms with E-state index in [1.165, 1.54) is 0 Å². The molecular formula is C17H24F3N5O2S2. The van der Waals surface area contributed by atoms with Gasteiger partial charge in [-0.2, -0.15) is 24.9 Å². The lowest BCUT2D eigenvalue weighted by atomic mass is 10.2. The van der Waals surface area contributed by atoms with Crippen LogP contribution in [0.5, 0.6) is 0 Å². The van der Waals surface area contributed by atoms with Crippen LogP contribution in [-0.2, 0) is 9.47 Å². The van der Waals surface area contributed by atoms with Crippen LogP contribution in [-0.4, -0.2) is 69.8 Å². The van der Waals surface area contributed by atoms with Crippen LogP contribution >= 0.6 is 23.5 Å². The summed E-state index contributed by atoms with van der Waals surface area (Å²) in [5.74, 6) is 1.26. The monoisotopic (exact) mass is 451 g/mol. The van der Waals surface area contributed by atoms with Gasteiger partial charge in [0.1, 0.15) is 6.23 Å². The van der Waals surface area contributed by atoms with E-state index < -0.39 is 12.6 Å². The third kappa shape index (κ3) is 6.12. The molecule has 0 aliphatic carbocycles. The average Bonchev–Trinajstić information content (AvgIpc) is 3.28. The van der Waals surface area contributed by atoms with E-state index in [1.807, 2.05) is 10.8 Å². The minimum atomic E-state index is -4.20. The molecule has 1 aliphatic rings. The number of imidazole rings is 1. The second kappa shape index (κ2) is 10.2. The second-order valence-corrected chi connectivity index (χ2v) is 8.61. The standard InChI is InChI=1S/C17H24F3N5O2S2/c1-26-9-11-3-4-12(27-11)25-10-22-13-14(21-6-8-28-2)23-16(24-15(13)25)29-7-5-17(18,19)20/h10-12H,3-9H2,1-2H3,(H,21,23,24). The Labute approximate surface area is 175 Å². The number of fused-ring (bicyclic) bond motifs is 1. The maximum atomic E-state index is 12.5. The van der Waals surface area contributed by atoms with Crippen LogP contribution in [0, 0.1) is 0 Å². The maximum Gasteiger partial charge on any atom is 0.389 e. The van der Waals surface area contributed by atoms with Gasteiger partial charge in [0.25, 0.3) is 0 Å². The van der Waals surface area contributed by atoms with Gasteiger partial charge in [0.2, 0.25) is 0 Å². The summed E-state index contributed by atoms with van der Waals surface area (Å²) in [4.78, 5) is 13.3. The minimum Gasteiger partial charge on any atom is -0.382 e. The number of halogens is 3. The molecule has 0 aromatic carbocycles. The Morgan fingerprint density at radius 1 is 1.31 bits per heavy atom. The third-order valence-electron chi connectivity index (χ3n) is 4.36. The van der Waals surface area contributed by atoms with E-state index in [0.29, 0.717) is 35.3 Å². The van der Waals surface area contributed by atoms with Crippen molar-refractivity contribution in [1.82, 2.24) is 19.5 Å². The molecule has 1 saturated heterocycles. The van der Waals surface area contributed by atoms with Crippen molar-refractivity contribution in [2.45, 2.75) is 42.9 Å². The van der Waals surface area contributed by atoms with Gasteiger partial charge in [-0.3, -0.25) is 4.57 Å². The first-order valence-corrected chi connectivity index (χ1v) is 11.6. The van der Waals surface area contributed by atoms with Crippen LogP contribution < -0.4 is 5.32 Å². The van der Waals surface area contributed by atoms with Crippen molar-refractivity contribution in [3.8, 4) is 0 Å². The van der Waals surface area contributed by atoms with Crippen molar-refractivity contribution < 1.29 is 22.6 Å². The summed E-state index contributed by atoms with van der Waals surface area (Å²) in [6.45, 7) is 1.18. The summed E-state index contributed by atoms with van der Waals surface area (Å²) in [5.41, 5.74) is 1.15. The van der Waals surface area contributed by atoms with Crippen molar-refractivity contribution in [2.24, 2.45) is 0 Å². The molecular weight excluding hydrogens is 427 g/mol. The summed E-state index contributed by atoms with van der Waals surface area (Å²) in [5, 5.41) is 3.52. The zero-order valence-electron chi connectivity index (χ0n) is 16.2. The number of aromatic nitrogens is 4. The van der Waals surface area contributed by atoms with Crippen molar-refractivity contribution >= 4 is 40.5 Å². The topological polar surface area (TPSA) is 74.1 Å². The molecule has 0 amide bonds. The van der Waals surface area contributed by atoms with Gasteiger partial charge in [0, 0.05) is 25.2 Å². The van der Waals surface area contributed by atoms with Crippen molar-refractivity contribution in [1.29, 1.82) is 0 Å². The number of nitrogens with zero attached hydrogens (tertiary/aromatic N) is 4. The fraction of sp³-hybridized carbons (Fsp3) is 0.706. The van der Waals surface area contributed by atoms with E-state index in [2.05, 4.69) is 20.3 Å². The van der Waals surface area contributed by atoms with E-state index in [9.17, 15) is 13.2 Å². The Kier molecular flexibility index (Phi) is 7.88. The fourth-order valence-electron chi connectivity index (χ4n) is 3.02. The molecule has 2 unspecified atom stereocenters. The Balaban J connectivity index is 1.84. The number of rotatable bonds is 10. The van der Waals surface area contributed by atoms with E-state index >= 15 is 0 Å². The quantitative estimate of drug-likeness (QED) is 0.331. The number of methoxy groups -OCH3 is 1. The molecule has 2 atom stereocenters. The summed E-state index contributed by atoms with van der Waals surface area (Å²) >= 11 is 2.67. The molecule has 0 radical (unpaired) electrons. The Hall–Kier alpha value is -1.24. The highest BCUT2D eigenvalue weighted by molar-refractivity contribution is 7.99. The summed E-state index contributed by atoms with van der Waals surface area (Å²) in [6, 6.07) is 0. The SMILES string of the molecule is COCC1CCC(n2cnc3c(NCCSC)nc(SCCC(F)(F)F)nc32)O1. The lowest BCUT2D eigenvalue weighted by Gasteiger charge is -2.15. The van der Waals surface area contributed by atoms with E-state index in [1.54, 1.807) is 25.2 Å². The number of nitrogens with one attached hydrogen (secondary N) is 1. The molecule has 1 N–H and O–H groups in total. The number of ether oxygens (including phenoxy) is 2. The first-order valence-electron chi connectivity index (χ1n) is 9.22. The van der Waals surface area contributed by atoms with E-state index in [4.69, 9.17) is 9.47 Å². The van der Waals surface area contributed by atoms with Crippen LogP contribution in [0.4, 0.5) is 19.0 Å². The lowest BCUT2D eigenvalue weighted by Crippen LogP contribution is -2.16. The van der Waals surface area contributed by atoms with Gasteiger partial charge in [0.15, 0.2) is 22.1 Å². The molecule has 3 heterocycles. The van der Waals surface area contributed by atoms with Crippen LogP contribution in [0.25, 0.3) is 11.2 Å². The molecule has 0 saturated carbocycles. The Morgan fingerprint density at radius 3 is 2.86 bits per heavy atom. The summed E-state index contributed by atoms with van der Waals surface area (Å²) in [6.07, 6.45) is -0.0257. The molecule has 0 spiro atoms. The molecule has 3 rings (SSSR count). The van der Waals surface area contributed by atoms with Gasteiger partial charge < -0.3 is 14.8 Å². The molecule has 7 nitrogen and oxygen atoms in total. The van der Waals surface area contributed by atoms with Crippen molar-refractivity contribution in [3.63, 3.8) is 0 Å². The van der Waals surface area contributed by atoms with E-state index in [-0.39, 0.29) is 18.1 Å². The van der Waals surface area contributed by atoms with Crippen LogP contribution in [0.15, 0.2) is 11.5 Å². The fourth-order valence-corrected chi connectivity index (χ4v) is 4.15. The normalized spacial score (nSPS) is 19.9. The van der Waals surface area contributed by atoms with Gasteiger partial charge in [-0.25, -0.2) is 15.0 Å². The molecule has 2 aromatic heterocycles. The van der Waals surface area contributed by atoms with Crippen LogP contribution in [0.1, 0.15) is 25.5 Å². The highest BCUT2D eigenvalue weighted by atomic mass is 32.2. The van der Waals surface area contributed by atoms with E-state index in [0.717, 1.165) is 30.4 Å². The number of anilines is 1. The molecule has 1 fully saturated rings. The van der Waals surface area contributed by atoms with Crippen molar-refractivity contribution in [2.75, 3.05) is 43.3 Å². The van der Waals surface area contributed by atoms with Gasteiger partial charge >= 0.3 is 6.18 Å². The summed E-state index contributed by atoms with van der Waals surface area (Å²) in [7, 11) is 1.63. The number of thioether (sulfide) groups is 2. The maximum absolute atomic E-state index is 12.5. The number of alkyl halides is 3. The molecule has 12 heteroatoms. The molecule has 29 heavy (non-hydrogen) atoms. The Bertz CT molecular complexity index is 805. The van der Waals surface area contributed by atoms with Crippen molar-refractivity contribution in [3.05, 3.63) is 6.33 Å². The number of hydrogen-bond donors (Lipinski definition) is 1. The lowest BCUT2D eigenvalue weighted by molar-refractivity contribution is -0.129. The molecule has 2 aromatic rings. The molecule has 0 bridgehead atoms. The van der Waals surface area contributed by atoms with Crippen LogP contribution in [0.3, 0.4) is 0 Å².